The third-order valence-electron chi connectivity index (χ3n) is 3.10. The monoisotopic (exact) mass is 309 g/mol. The predicted octanol–water partition coefficient (Wildman–Crippen LogP) is 5.03. The van der Waals surface area contributed by atoms with Gasteiger partial charge in [0.2, 0.25) is 0 Å². The van der Waals surface area contributed by atoms with E-state index in [9.17, 15) is 4.39 Å². The minimum Gasteiger partial charge on any atom is -0.309 e. The SMILES string of the molecule is CCCNC(CSc1ccccc1F)c1sccc1C. The van der Waals surface area contributed by atoms with E-state index in [-0.39, 0.29) is 5.82 Å². The van der Waals surface area contributed by atoms with Gasteiger partial charge >= 0.3 is 0 Å². The van der Waals surface area contributed by atoms with Gasteiger partial charge in [-0.2, -0.15) is 0 Å². The Morgan fingerprint density at radius 3 is 2.75 bits per heavy atom. The summed E-state index contributed by atoms with van der Waals surface area (Å²) < 4.78 is 13.7. The number of benzene rings is 1. The normalized spacial score (nSPS) is 12.6. The van der Waals surface area contributed by atoms with Crippen LogP contribution in [0.15, 0.2) is 40.6 Å². The predicted molar refractivity (Wildman–Crippen MR) is 87.2 cm³/mol. The number of rotatable bonds is 7. The topological polar surface area (TPSA) is 12.0 Å². The van der Waals surface area contributed by atoms with Crippen molar-refractivity contribution in [3.63, 3.8) is 0 Å². The molecular weight excluding hydrogens is 289 g/mol. The van der Waals surface area contributed by atoms with Crippen molar-refractivity contribution in [3.8, 4) is 0 Å². The zero-order valence-electron chi connectivity index (χ0n) is 11.9. The van der Waals surface area contributed by atoms with Crippen molar-refractivity contribution in [3.05, 3.63) is 52.0 Å². The number of nitrogens with one attached hydrogen (secondary N) is 1. The molecule has 0 saturated carbocycles. The van der Waals surface area contributed by atoms with Crippen LogP contribution in [0.1, 0.15) is 29.8 Å². The number of thiophene rings is 1. The number of hydrogen-bond acceptors (Lipinski definition) is 3. The summed E-state index contributed by atoms with van der Waals surface area (Å²) in [4.78, 5) is 2.09. The zero-order chi connectivity index (χ0) is 14.4. The highest BCUT2D eigenvalue weighted by Gasteiger charge is 2.15. The molecule has 1 atom stereocenters. The molecule has 1 N–H and O–H groups in total. The van der Waals surface area contributed by atoms with E-state index < -0.39 is 0 Å². The van der Waals surface area contributed by atoms with Crippen LogP contribution in [0.4, 0.5) is 4.39 Å². The Morgan fingerprint density at radius 2 is 2.10 bits per heavy atom. The van der Waals surface area contributed by atoms with Crippen LogP contribution in [0.5, 0.6) is 0 Å². The first kappa shape index (κ1) is 15.5. The van der Waals surface area contributed by atoms with Gasteiger partial charge in [-0.25, -0.2) is 4.39 Å². The minimum absolute atomic E-state index is 0.130. The van der Waals surface area contributed by atoms with Crippen molar-refractivity contribution in [2.75, 3.05) is 12.3 Å². The van der Waals surface area contributed by atoms with Crippen LogP contribution in [-0.4, -0.2) is 12.3 Å². The Morgan fingerprint density at radius 1 is 1.30 bits per heavy atom. The Kier molecular flexibility index (Phi) is 6.07. The molecule has 0 spiro atoms. The van der Waals surface area contributed by atoms with E-state index in [1.807, 2.05) is 12.1 Å². The van der Waals surface area contributed by atoms with Crippen molar-refractivity contribution >= 4 is 23.1 Å². The second-order valence-corrected chi connectivity index (χ2v) is 6.73. The maximum atomic E-state index is 13.7. The summed E-state index contributed by atoms with van der Waals surface area (Å²) in [6, 6.07) is 9.42. The van der Waals surface area contributed by atoms with Crippen LogP contribution in [0.3, 0.4) is 0 Å². The second-order valence-electron chi connectivity index (χ2n) is 4.72. The second kappa shape index (κ2) is 7.81. The van der Waals surface area contributed by atoms with Gasteiger partial charge in [0, 0.05) is 15.5 Å². The van der Waals surface area contributed by atoms with Crippen LogP contribution in [0.25, 0.3) is 0 Å². The first-order valence-electron chi connectivity index (χ1n) is 6.87. The third-order valence-corrected chi connectivity index (χ3v) is 5.38. The molecule has 1 heterocycles. The standard InChI is InChI=1S/C16H20FNS2/c1-3-9-18-14(16-12(2)8-10-19-16)11-20-15-7-5-4-6-13(15)17/h4-8,10,14,18H,3,9,11H2,1-2H3. The van der Waals surface area contributed by atoms with Crippen molar-refractivity contribution in [1.29, 1.82) is 0 Å². The minimum atomic E-state index is -0.130. The summed E-state index contributed by atoms with van der Waals surface area (Å²) in [6.07, 6.45) is 1.10. The highest BCUT2D eigenvalue weighted by molar-refractivity contribution is 7.99. The first-order chi connectivity index (χ1) is 9.72. The number of aryl methyl sites for hydroxylation is 1. The first-order valence-corrected chi connectivity index (χ1v) is 8.73. The van der Waals surface area contributed by atoms with E-state index in [0.717, 1.165) is 23.6 Å². The highest BCUT2D eigenvalue weighted by Crippen LogP contribution is 2.30. The van der Waals surface area contributed by atoms with Crippen LogP contribution >= 0.6 is 23.1 Å². The molecule has 108 valence electrons. The smallest absolute Gasteiger partial charge is 0.136 e. The van der Waals surface area contributed by atoms with Crippen LogP contribution in [-0.2, 0) is 0 Å². The van der Waals surface area contributed by atoms with Gasteiger partial charge in [-0.1, -0.05) is 19.1 Å². The third kappa shape index (κ3) is 4.08. The molecule has 1 nitrogen and oxygen atoms in total. The zero-order valence-corrected chi connectivity index (χ0v) is 13.5. The Bertz CT molecular complexity index is 539. The Hall–Kier alpha value is -0.840. The quantitative estimate of drug-likeness (QED) is 0.720. The summed E-state index contributed by atoms with van der Waals surface area (Å²) in [5.74, 6) is 0.720. The van der Waals surface area contributed by atoms with Crippen molar-refractivity contribution in [2.24, 2.45) is 0 Å². The summed E-state index contributed by atoms with van der Waals surface area (Å²) in [5, 5.41) is 5.69. The van der Waals surface area contributed by atoms with Crippen molar-refractivity contribution < 1.29 is 4.39 Å². The molecule has 0 fully saturated rings. The molecule has 0 amide bonds. The van der Waals surface area contributed by atoms with Gasteiger partial charge in [0.05, 0.1) is 6.04 Å². The van der Waals surface area contributed by atoms with Gasteiger partial charge in [0.1, 0.15) is 5.82 Å². The highest BCUT2D eigenvalue weighted by atomic mass is 32.2. The molecule has 2 aromatic rings. The summed E-state index contributed by atoms with van der Waals surface area (Å²) in [7, 11) is 0. The van der Waals surface area contributed by atoms with E-state index in [0.29, 0.717) is 6.04 Å². The summed E-state index contributed by atoms with van der Waals surface area (Å²) >= 11 is 3.36. The average Bonchev–Trinajstić information content (AvgIpc) is 2.87. The molecule has 0 aliphatic carbocycles. The molecule has 0 bridgehead atoms. The fourth-order valence-corrected chi connectivity index (χ4v) is 4.14. The van der Waals surface area contributed by atoms with Gasteiger partial charge < -0.3 is 5.32 Å². The average molecular weight is 309 g/mol. The summed E-state index contributed by atoms with van der Waals surface area (Å²) in [6.45, 7) is 5.29. The lowest BCUT2D eigenvalue weighted by Gasteiger charge is -2.18. The lowest BCUT2D eigenvalue weighted by molar-refractivity contribution is 0.580. The van der Waals surface area contributed by atoms with Crippen LogP contribution in [0.2, 0.25) is 0 Å². The maximum absolute atomic E-state index is 13.7. The molecule has 0 aliphatic rings. The molecule has 1 aromatic carbocycles. The van der Waals surface area contributed by atoms with Gasteiger partial charge in [-0.05, 0) is 49.0 Å². The fraction of sp³-hybridized carbons (Fsp3) is 0.375. The molecular formula is C16H20FNS2. The molecule has 2 rings (SSSR count). The van der Waals surface area contributed by atoms with Gasteiger partial charge in [0.25, 0.3) is 0 Å². The molecule has 4 heteroatoms. The Balaban J connectivity index is 2.05. The van der Waals surface area contributed by atoms with E-state index in [2.05, 4.69) is 30.6 Å². The van der Waals surface area contributed by atoms with E-state index in [1.54, 1.807) is 29.2 Å². The lowest BCUT2D eigenvalue weighted by Crippen LogP contribution is -2.23. The maximum Gasteiger partial charge on any atom is 0.136 e. The summed E-state index contributed by atoms with van der Waals surface area (Å²) in [5.41, 5.74) is 1.32. The molecule has 20 heavy (non-hydrogen) atoms. The van der Waals surface area contributed by atoms with Crippen molar-refractivity contribution in [1.82, 2.24) is 5.32 Å². The number of thioether (sulfide) groups is 1. The van der Waals surface area contributed by atoms with Crippen LogP contribution < -0.4 is 5.32 Å². The van der Waals surface area contributed by atoms with E-state index in [4.69, 9.17) is 0 Å². The number of halogens is 1. The van der Waals surface area contributed by atoms with Gasteiger partial charge in [-0.3, -0.25) is 0 Å². The molecule has 0 aliphatic heterocycles. The number of hydrogen-bond donors (Lipinski definition) is 1. The Labute approximate surface area is 128 Å². The molecule has 0 radical (unpaired) electrons. The van der Waals surface area contributed by atoms with Crippen molar-refractivity contribution in [2.45, 2.75) is 31.2 Å². The van der Waals surface area contributed by atoms with Crippen LogP contribution in [0, 0.1) is 12.7 Å². The van der Waals surface area contributed by atoms with E-state index in [1.165, 1.54) is 16.5 Å². The lowest BCUT2D eigenvalue weighted by atomic mass is 10.2. The fourth-order valence-electron chi connectivity index (χ4n) is 2.02. The van der Waals surface area contributed by atoms with Gasteiger partial charge in [-0.15, -0.1) is 23.1 Å². The molecule has 0 saturated heterocycles. The molecule has 1 aromatic heterocycles. The van der Waals surface area contributed by atoms with E-state index >= 15 is 0 Å². The molecule has 1 unspecified atom stereocenters. The largest absolute Gasteiger partial charge is 0.309 e. The van der Waals surface area contributed by atoms with Gasteiger partial charge in [0.15, 0.2) is 0 Å².